The minimum Gasteiger partial charge on any atom is -0.490 e. The fourth-order valence-corrected chi connectivity index (χ4v) is 1.75. The molecule has 88 valence electrons. The summed E-state index contributed by atoms with van der Waals surface area (Å²) in [5, 5.41) is 10.4. The molecule has 16 heavy (non-hydrogen) atoms. The fourth-order valence-electron chi connectivity index (χ4n) is 1.75. The summed E-state index contributed by atoms with van der Waals surface area (Å²) in [7, 11) is 0. The number of ether oxygens (including phenoxy) is 1. The van der Waals surface area contributed by atoms with Gasteiger partial charge >= 0.3 is 0 Å². The number of benzene rings is 1. The first-order valence-electron chi connectivity index (χ1n) is 5.20. The van der Waals surface area contributed by atoms with Gasteiger partial charge in [-0.1, -0.05) is 0 Å². The highest BCUT2D eigenvalue weighted by Crippen LogP contribution is 2.20. The molecular formula is C11H13F2NO2. The molecule has 1 saturated heterocycles. The van der Waals surface area contributed by atoms with E-state index in [0.717, 1.165) is 18.2 Å². The highest BCUT2D eigenvalue weighted by atomic mass is 19.1. The SMILES string of the molecule is ON1CCC(Oc2cc(F)cc(F)c2)CC1. The molecule has 0 saturated carbocycles. The third-order valence-corrected chi connectivity index (χ3v) is 2.56. The number of nitrogens with zero attached hydrogens (tertiary/aromatic N) is 1. The summed E-state index contributed by atoms with van der Waals surface area (Å²) in [6.45, 7) is 1.03. The molecule has 0 aromatic heterocycles. The average molecular weight is 229 g/mol. The Hall–Kier alpha value is -1.20. The molecule has 1 heterocycles. The van der Waals surface area contributed by atoms with Crippen molar-refractivity contribution in [1.82, 2.24) is 5.06 Å². The second kappa shape index (κ2) is 4.76. The van der Waals surface area contributed by atoms with E-state index in [1.165, 1.54) is 5.06 Å². The summed E-state index contributed by atoms with van der Waals surface area (Å²) in [6.07, 6.45) is 1.20. The maximum atomic E-state index is 12.9. The number of hydrogen-bond acceptors (Lipinski definition) is 3. The lowest BCUT2D eigenvalue weighted by Crippen LogP contribution is -2.36. The minimum atomic E-state index is -0.644. The van der Waals surface area contributed by atoms with Gasteiger partial charge in [-0.25, -0.2) is 8.78 Å². The molecule has 1 N–H and O–H groups in total. The topological polar surface area (TPSA) is 32.7 Å². The molecule has 1 aliphatic heterocycles. The van der Waals surface area contributed by atoms with Gasteiger partial charge in [-0.15, -0.1) is 0 Å². The Kier molecular flexibility index (Phi) is 3.36. The Morgan fingerprint density at radius 1 is 1.12 bits per heavy atom. The van der Waals surface area contributed by atoms with Crippen molar-refractivity contribution in [2.45, 2.75) is 18.9 Å². The van der Waals surface area contributed by atoms with Crippen LogP contribution in [0.3, 0.4) is 0 Å². The minimum absolute atomic E-state index is 0.0930. The van der Waals surface area contributed by atoms with Crippen LogP contribution in [-0.2, 0) is 0 Å². The number of hydrogen-bond donors (Lipinski definition) is 1. The van der Waals surface area contributed by atoms with E-state index in [0.29, 0.717) is 25.9 Å². The fraction of sp³-hybridized carbons (Fsp3) is 0.455. The van der Waals surface area contributed by atoms with Crippen LogP contribution in [0.4, 0.5) is 8.78 Å². The van der Waals surface area contributed by atoms with Crippen molar-refractivity contribution in [3.8, 4) is 5.75 Å². The van der Waals surface area contributed by atoms with E-state index in [9.17, 15) is 8.78 Å². The standard InChI is InChI=1S/C11H13F2NO2/c12-8-5-9(13)7-11(6-8)16-10-1-3-14(15)4-2-10/h5-7,10,15H,1-4H2. The zero-order valence-corrected chi connectivity index (χ0v) is 8.70. The van der Waals surface area contributed by atoms with Crippen molar-refractivity contribution >= 4 is 0 Å². The summed E-state index contributed by atoms with van der Waals surface area (Å²) in [4.78, 5) is 0. The van der Waals surface area contributed by atoms with Gasteiger partial charge in [0.1, 0.15) is 23.5 Å². The van der Waals surface area contributed by atoms with Crippen molar-refractivity contribution in [1.29, 1.82) is 0 Å². The molecule has 1 aromatic rings. The molecule has 0 unspecified atom stereocenters. The lowest BCUT2D eigenvalue weighted by molar-refractivity contribution is -0.118. The molecule has 0 atom stereocenters. The quantitative estimate of drug-likeness (QED) is 0.843. The highest BCUT2D eigenvalue weighted by molar-refractivity contribution is 5.24. The molecule has 0 amide bonds. The maximum Gasteiger partial charge on any atom is 0.129 e. The number of halogens is 2. The van der Waals surface area contributed by atoms with Gasteiger partial charge in [0.2, 0.25) is 0 Å². The van der Waals surface area contributed by atoms with Crippen molar-refractivity contribution in [3.05, 3.63) is 29.8 Å². The lowest BCUT2D eigenvalue weighted by Gasteiger charge is -2.27. The summed E-state index contributed by atoms with van der Waals surface area (Å²) >= 11 is 0. The largest absolute Gasteiger partial charge is 0.490 e. The molecule has 0 bridgehead atoms. The zero-order chi connectivity index (χ0) is 11.5. The monoisotopic (exact) mass is 229 g/mol. The van der Waals surface area contributed by atoms with E-state index in [-0.39, 0.29) is 11.9 Å². The third kappa shape index (κ3) is 2.90. The van der Waals surface area contributed by atoms with Gasteiger partial charge in [0, 0.05) is 31.3 Å². The first-order valence-corrected chi connectivity index (χ1v) is 5.20. The molecule has 1 aliphatic rings. The molecule has 3 nitrogen and oxygen atoms in total. The van der Waals surface area contributed by atoms with E-state index in [1.807, 2.05) is 0 Å². The van der Waals surface area contributed by atoms with Crippen LogP contribution in [0.5, 0.6) is 5.75 Å². The molecule has 0 spiro atoms. The second-order valence-corrected chi connectivity index (χ2v) is 3.88. The number of rotatable bonds is 2. The normalized spacial score (nSPS) is 18.7. The van der Waals surface area contributed by atoms with Gasteiger partial charge < -0.3 is 9.94 Å². The molecular weight excluding hydrogens is 216 g/mol. The molecule has 0 aliphatic carbocycles. The van der Waals surface area contributed by atoms with Crippen LogP contribution in [0.15, 0.2) is 18.2 Å². The third-order valence-electron chi connectivity index (χ3n) is 2.56. The van der Waals surface area contributed by atoms with Gasteiger partial charge in [-0.3, -0.25) is 0 Å². The van der Waals surface area contributed by atoms with Crippen molar-refractivity contribution in [2.24, 2.45) is 0 Å². The molecule has 0 radical (unpaired) electrons. The smallest absolute Gasteiger partial charge is 0.129 e. The van der Waals surface area contributed by atoms with Crippen LogP contribution in [0.1, 0.15) is 12.8 Å². The Morgan fingerprint density at radius 3 is 2.25 bits per heavy atom. The van der Waals surface area contributed by atoms with Crippen LogP contribution >= 0.6 is 0 Å². The Bertz CT molecular complexity index is 345. The predicted molar refractivity (Wildman–Crippen MR) is 53.4 cm³/mol. The summed E-state index contributed by atoms with van der Waals surface area (Å²) in [6, 6.07) is 3.13. The van der Waals surface area contributed by atoms with Crippen molar-refractivity contribution in [3.63, 3.8) is 0 Å². The van der Waals surface area contributed by atoms with E-state index < -0.39 is 11.6 Å². The number of piperidine rings is 1. The van der Waals surface area contributed by atoms with Gasteiger partial charge in [-0.2, -0.15) is 5.06 Å². The summed E-state index contributed by atoms with van der Waals surface area (Å²) in [5.41, 5.74) is 0. The molecule has 2 rings (SSSR count). The highest BCUT2D eigenvalue weighted by Gasteiger charge is 2.19. The van der Waals surface area contributed by atoms with E-state index in [4.69, 9.17) is 9.94 Å². The van der Waals surface area contributed by atoms with Crippen LogP contribution < -0.4 is 4.74 Å². The van der Waals surface area contributed by atoms with Crippen LogP contribution in [0.2, 0.25) is 0 Å². The maximum absolute atomic E-state index is 12.9. The van der Waals surface area contributed by atoms with Crippen molar-refractivity contribution < 1.29 is 18.7 Å². The Balaban J connectivity index is 1.98. The summed E-state index contributed by atoms with van der Waals surface area (Å²) in [5.74, 6) is -1.09. The van der Waals surface area contributed by atoms with Gasteiger partial charge in [0.15, 0.2) is 0 Å². The molecule has 1 aromatic carbocycles. The van der Waals surface area contributed by atoms with Crippen LogP contribution in [0.25, 0.3) is 0 Å². The predicted octanol–water partition coefficient (Wildman–Crippen LogP) is 2.20. The Morgan fingerprint density at radius 2 is 1.69 bits per heavy atom. The zero-order valence-electron chi connectivity index (χ0n) is 8.70. The number of hydroxylamine groups is 2. The van der Waals surface area contributed by atoms with E-state index in [1.54, 1.807) is 0 Å². The molecule has 5 heteroatoms. The summed E-state index contributed by atoms with van der Waals surface area (Å²) < 4.78 is 31.2. The Labute approximate surface area is 92.2 Å². The lowest BCUT2D eigenvalue weighted by atomic mass is 10.1. The first kappa shape index (κ1) is 11.3. The van der Waals surface area contributed by atoms with Crippen molar-refractivity contribution in [2.75, 3.05) is 13.1 Å². The van der Waals surface area contributed by atoms with Crippen LogP contribution in [-0.4, -0.2) is 29.5 Å². The van der Waals surface area contributed by atoms with Crippen LogP contribution in [0, 0.1) is 11.6 Å². The van der Waals surface area contributed by atoms with Gasteiger partial charge in [-0.05, 0) is 12.8 Å². The first-order chi connectivity index (χ1) is 7.63. The molecule has 1 fully saturated rings. The van der Waals surface area contributed by atoms with E-state index in [2.05, 4.69) is 0 Å². The van der Waals surface area contributed by atoms with E-state index >= 15 is 0 Å². The van der Waals surface area contributed by atoms with Gasteiger partial charge in [0.25, 0.3) is 0 Å². The van der Waals surface area contributed by atoms with Gasteiger partial charge in [0.05, 0.1) is 0 Å². The average Bonchev–Trinajstić information content (AvgIpc) is 2.20. The second-order valence-electron chi connectivity index (χ2n) is 3.88.